The maximum Gasteiger partial charge on any atom is 0.534 e. The Bertz CT molecular complexity index is 2000. The maximum atomic E-state index is 12.5. The lowest BCUT2D eigenvalue weighted by atomic mass is 9.42. The first kappa shape index (κ1) is 42.8. The molecule has 0 aliphatic carbocycles. The van der Waals surface area contributed by atoms with E-state index in [0.717, 1.165) is 54.3 Å². The number of hydrogen-bond acceptors (Lipinski definition) is 9. The van der Waals surface area contributed by atoms with Crippen LogP contribution in [0.15, 0.2) is 97.1 Å². The lowest BCUT2D eigenvalue weighted by Gasteiger charge is -2.35. The molecule has 1 aliphatic heterocycles. The largest absolute Gasteiger partial charge is 0.534 e. The number of carbonyl (C=O) groups excluding carboxylic acids is 2. The van der Waals surface area contributed by atoms with Crippen molar-refractivity contribution in [3.05, 3.63) is 119 Å². The predicted molar refractivity (Wildman–Crippen MR) is 204 cm³/mol. The average molecular weight is 783 g/mol. The van der Waals surface area contributed by atoms with Crippen molar-refractivity contribution in [2.45, 2.75) is 71.9 Å². The third-order valence-corrected chi connectivity index (χ3v) is 10.9. The van der Waals surface area contributed by atoms with Crippen LogP contribution in [0.2, 0.25) is 12.6 Å². The number of carbonyl (C=O) groups is 2. The number of benzene rings is 4. The minimum atomic E-state index is -5.86. The molecule has 1 aliphatic rings. The molecular weight excluding hydrogens is 736 g/mol. The topological polar surface area (TPSA) is 114 Å². The third kappa shape index (κ3) is 12.3. The van der Waals surface area contributed by atoms with E-state index in [0.29, 0.717) is 13.3 Å². The molecule has 0 saturated carbocycles. The van der Waals surface area contributed by atoms with Gasteiger partial charge >= 0.3 is 27.6 Å². The van der Waals surface area contributed by atoms with Crippen LogP contribution < -0.4 is 19.1 Å². The van der Waals surface area contributed by atoms with Crippen molar-refractivity contribution in [2.75, 3.05) is 14.2 Å². The van der Waals surface area contributed by atoms with Crippen molar-refractivity contribution in [2.24, 2.45) is 10.8 Å². The molecule has 0 radical (unpaired) electrons. The molecule has 9 nitrogen and oxygen atoms in total. The molecule has 1 heterocycles. The van der Waals surface area contributed by atoms with Crippen molar-refractivity contribution in [3.63, 3.8) is 0 Å². The zero-order valence-electron chi connectivity index (χ0n) is 31.8. The summed E-state index contributed by atoms with van der Waals surface area (Å²) in [5.74, 6) is -0.662. The van der Waals surface area contributed by atoms with Gasteiger partial charge in [0.2, 0.25) is 0 Å². The first-order chi connectivity index (χ1) is 25.8. The third-order valence-electron chi connectivity index (χ3n) is 9.88. The zero-order chi connectivity index (χ0) is 40.4. The van der Waals surface area contributed by atoms with Gasteiger partial charge in [0.25, 0.3) is 0 Å². The Kier molecular flexibility index (Phi) is 14.1. The molecule has 0 aromatic heterocycles. The Balaban J connectivity index is 0.000000245. The van der Waals surface area contributed by atoms with Gasteiger partial charge < -0.3 is 23.1 Å². The Morgan fingerprint density at radius 2 is 1.05 bits per heavy atom. The summed E-state index contributed by atoms with van der Waals surface area (Å²) in [5, 5.41) is 0. The normalized spacial score (nSPS) is 14.6. The molecule has 0 spiro atoms. The van der Waals surface area contributed by atoms with Gasteiger partial charge in [0.05, 0.1) is 27.1 Å². The first-order valence-corrected chi connectivity index (χ1v) is 19.0. The monoisotopic (exact) mass is 782 g/mol. The van der Waals surface area contributed by atoms with Gasteiger partial charge in [-0.25, -0.2) is 0 Å². The quantitative estimate of drug-likeness (QED) is 0.0577. The van der Waals surface area contributed by atoms with Crippen molar-refractivity contribution < 1.29 is 54.3 Å². The van der Waals surface area contributed by atoms with E-state index < -0.39 is 27.3 Å². The standard InChI is InChI=1S/C24H31BO3.C17H15F3O6S/c1-23(2)16-25(17-24(23,3)4)20-11-19(13-22(26)27-5)12-21(14-20)28-15-18-9-7-6-8-10-18;1-24-16(21)9-13-7-14(25-11-12-5-3-2-4-6-12)10-15(8-13)26-27(22,23)17(18,19)20/h6-12,14H,13,15-17H2,1-5H3;2-8,10H,9,11H2,1H3. The van der Waals surface area contributed by atoms with E-state index >= 15 is 0 Å². The zero-order valence-corrected chi connectivity index (χ0v) is 32.6. The molecule has 5 rings (SSSR count). The number of alkyl halides is 3. The smallest absolute Gasteiger partial charge is 0.489 e. The molecule has 294 valence electrons. The van der Waals surface area contributed by atoms with E-state index in [1.54, 1.807) is 30.3 Å². The number of halogens is 3. The molecule has 55 heavy (non-hydrogen) atoms. The molecule has 0 bridgehead atoms. The van der Waals surface area contributed by atoms with E-state index in [2.05, 4.69) is 60.9 Å². The summed E-state index contributed by atoms with van der Waals surface area (Å²) in [6.45, 7) is 10.5. The van der Waals surface area contributed by atoms with Crippen LogP contribution in [0, 0.1) is 10.8 Å². The molecule has 4 aromatic rings. The second kappa shape index (κ2) is 18.1. The molecule has 0 atom stereocenters. The van der Waals surface area contributed by atoms with E-state index in [1.165, 1.54) is 18.6 Å². The summed E-state index contributed by atoms with van der Waals surface area (Å²) in [5.41, 5.74) is -0.733. The lowest BCUT2D eigenvalue weighted by Crippen LogP contribution is -2.28. The van der Waals surface area contributed by atoms with Gasteiger partial charge in [0, 0.05) is 6.07 Å². The van der Waals surface area contributed by atoms with E-state index in [9.17, 15) is 31.2 Å². The van der Waals surface area contributed by atoms with Crippen molar-refractivity contribution in [1.29, 1.82) is 0 Å². The molecule has 14 heteroatoms. The highest BCUT2D eigenvalue weighted by atomic mass is 32.2. The van der Waals surface area contributed by atoms with Crippen molar-refractivity contribution in [3.8, 4) is 17.2 Å². The highest BCUT2D eigenvalue weighted by Crippen LogP contribution is 2.52. The second-order valence-electron chi connectivity index (χ2n) is 14.6. The van der Waals surface area contributed by atoms with Gasteiger partial charge in [-0.05, 0) is 57.3 Å². The molecule has 4 aromatic carbocycles. The van der Waals surface area contributed by atoms with Gasteiger partial charge in [-0.2, -0.15) is 21.6 Å². The highest BCUT2D eigenvalue weighted by molar-refractivity contribution is 7.88. The summed E-state index contributed by atoms with van der Waals surface area (Å²) < 4.78 is 85.1. The number of ether oxygens (including phenoxy) is 4. The van der Waals surface area contributed by atoms with Crippen LogP contribution in [0.1, 0.15) is 49.9 Å². The van der Waals surface area contributed by atoms with Gasteiger partial charge in [0.15, 0.2) is 6.71 Å². The van der Waals surface area contributed by atoms with Crippen LogP contribution in [0.4, 0.5) is 13.2 Å². The first-order valence-electron chi connectivity index (χ1n) is 17.6. The van der Waals surface area contributed by atoms with Gasteiger partial charge in [-0.1, -0.05) is 113 Å². The Morgan fingerprint density at radius 1 is 0.636 bits per heavy atom. The summed E-state index contributed by atoms with van der Waals surface area (Å²) in [6, 6.07) is 28.7. The number of hydrogen-bond donors (Lipinski definition) is 0. The molecule has 0 amide bonds. The minimum Gasteiger partial charge on any atom is -0.489 e. The molecule has 0 N–H and O–H groups in total. The molecule has 1 saturated heterocycles. The van der Waals surface area contributed by atoms with Gasteiger partial charge in [0.1, 0.15) is 30.5 Å². The summed E-state index contributed by atoms with van der Waals surface area (Å²) in [4.78, 5) is 23.3. The molecule has 1 fully saturated rings. The SMILES string of the molecule is COC(=O)Cc1cc(OCc2ccccc2)cc(B2CC(C)(C)C(C)(C)C2)c1.COC(=O)Cc1cc(OCc2ccccc2)cc(OS(=O)(=O)C(F)(F)F)c1. The Hall–Kier alpha value is -4.98. The Morgan fingerprint density at radius 3 is 1.49 bits per heavy atom. The van der Waals surface area contributed by atoms with E-state index in [4.69, 9.17) is 14.2 Å². The van der Waals surface area contributed by atoms with Crippen LogP contribution in [-0.2, 0) is 55.2 Å². The van der Waals surface area contributed by atoms with E-state index in [1.807, 2.05) is 24.3 Å². The fourth-order valence-electron chi connectivity index (χ4n) is 6.20. The molecular formula is C41H46BF3O9S. The predicted octanol–water partition coefficient (Wildman–Crippen LogP) is 7.96. The minimum absolute atomic E-state index is 0.0348. The van der Waals surface area contributed by atoms with Gasteiger partial charge in [-0.3, -0.25) is 9.59 Å². The van der Waals surface area contributed by atoms with E-state index in [-0.39, 0.29) is 47.6 Å². The second-order valence-corrected chi connectivity index (χ2v) is 16.2. The summed E-state index contributed by atoms with van der Waals surface area (Å²) in [6.07, 6.45) is 2.24. The fraction of sp³-hybridized carbons (Fsp3) is 0.366. The van der Waals surface area contributed by atoms with Crippen molar-refractivity contribution >= 4 is 34.2 Å². The summed E-state index contributed by atoms with van der Waals surface area (Å²) in [7, 11) is -3.28. The number of esters is 2. The Labute approximate surface area is 321 Å². The number of rotatable bonds is 13. The van der Waals surface area contributed by atoms with Crippen LogP contribution in [0.25, 0.3) is 0 Å². The van der Waals surface area contributed by atoms with Crippen molar-refractivity contribution in [1.82, 2.24) is 0 Å². The van der Waals surface area contributed by atoms with Crippen LogP contribution in [0.5, 0.6) is 17.2 Å². The van der Waals surface area contributed by atoms with Crippen LogP contribution in [-0.4, -0.2) is 46.8 Å². The number of methoxy groups -OCH3 is 2. The molecule has 0 unspecified atom stereocenters. The lowest BCUT2D eigenvalue weighted by molar-refractivity contribution is -0.140. The van der Waals surface area contributed by atoms with Crippen LogP contribution in [0.3, 0.4) is 0 Å². The fourth-order valence-corrected chi connectivity index (χ4v) is 6.64. The highest BCUT2D eigenvalue weighted by Gasteiger charge is 2.49. The van der Waals surface area contributed by atoms with Gasteiger partial charge in [-0.15, -0.1) is 0 Å². The average Bonchev–Trinajstić information content (AvgIpc) is 3.35. The maximum absolute atomic E-state index is 12.5. The summed E-state index contributed by atoms with van der Waals surface area (Å²) >= 11 is 0. The van der Waals surface area contributed by atoms with Crippen LogP contribution >= 0.6 is 0 Å².